The topological polar surface area (TPSA) is 104 Å². The number of carbonyl (C=O) groups is 1. The number of carboxylic acids is 1. The first-order valence-corrected chi connectivity index (χ1v) is 12.0. The van der Waals surface area contributed by atoms with Crippen molar-refractivity contribution in [2.24, 2.45) is 0 Å². The van der Waals surface area contributed by atoms with E-state index >= 15 is 0 Å². The summed E-state index contributed by atoms with van der Waals surface area (Å²) in [7, 11) is -3.32. The second-order valence-corrected chi connectivity index (χ2v) is 9.20. The third-order valence-electron chi connectivity index (χ3n) is 4.74. The number of rotatable bonds is 16. The summed E-state index contributed by atoms with van der Waals surface area (Å²) in [6.45, 7) is 2.52. The molecule has 1 unspecified atom stereocenters. The van der Waals surface area contributed by atoms with Crippen LogP contribution in [0, 0.1) is 0 Å². The van der Waals surface area contributed by atoms with Gasteiger partial charge in [-0.25, -0.2) is 13.1 Å². The molecule has 0 aliphatic rings. The maximum absolute atomic E-state index is 12.1. The van der Waals surface area contributed by atoms with Crippen molar-refractivity contribution in [2.45, 2.75) is 77.2 Å². The van der Waals surface area contributed by atoms with E-state index in [1.165, 1.54) is 0 Å². The van der Waals surface area contributed by atoms with Crippen LogP contribution >= 0.6 is 0 Å². The molecule has 160 valence electrons. The monoisotopic (exact) mass is 413 g/mol. The van der Waals surface area contributed by atoms with E-state index in [1.807, 2.05) is 24.3 Å². The van der Waals surface area contributed by atoms with Crippen molar-refractivity contribution < 1.29 is 23.4 Å². The SMILES string of the molecule is CCCCCC(O)c1ccc(CCS(=O)(=O)NCCCCCCC(=O)O)cc1. The molecule has 0 bridgehead atoms. The summed E-state index contributed by atoms with van der Waals surface area (Å²) in [5, 5.41) is 18.7. The molecule has 0 radical (unpaired) electrons. The molecule has 7 heteroatoms. The molecule has 3 N–H and O–H groups in total. The third kappa shape index (κ3) is 11.4. The molecule has 0 aliphatic heterocycles. The molecule has 0 aliphatic carbocycles. The predicted octanol–water partition coefficient (Wildman–Crippen LogP) is 3.80. The Balaban J connectivity index is 2.27. The third-order valence-corrected chi connectivity index (χ3v) is 6.13. The highest BCUT2D eigenvalue weighted by atomic mass is 32.2. The molecule has 0 saturated carbocycles. The largest absolute Gasteiger partial charge is 0.481 e. The zero-order chi connectivity index (χ0) is 20.8. The summed E-state index contributed by atoms with van der Waals surface area (Å²) < 4.78 is 26.8. The number of hydrogen-bond donors (Lipinski definition) is 3. The lowest BCUT2D eigenvalue weighted by Crippen LogP contribution is -2.28. The van der Waals surface area contributed by atoms with Gasteiger partial charge in [0.15, 0.2) is 0 Å². The average Bonchev–Trinajstić information content (AvgIpc) is 2.66. The number of aliphatic hydroxyl groups is 1. The van der Waals surface area contributed by atoms with E-state index in [2.05, 4.69) is 11.6 Å². The molecule has 0 fully saturated rings. The second kappa shape index (κ2) is 13.7. The normalized spacial score (nSPS) is 12.8. The molecule has 0 amide bonds. The zero-order valence-electron chi connectivity index (χ0n) is 16.9. The Labute approximate surface area is 169 Å². The molecule has 1 atom stereocenters. The Morgan fingerprint density at radius 2 is 1.71 bits per heavy atom. The molecule has 0 aromatic heterocycles. The van der Waals surface area contributed by atoms with Crippen molar-refractivity contribution in [3.05, 3.63) is 35.4 Å². The molecular formula is C21H35NO5S. The number of sulfonamides is 1. The first-order valence-electron chi connectivity index (χ1n) is 10.3. The van der Waals surface area contributed by atoms with Crippen LogP contribution in [0.3, 0.4) is 0 Å². The van der Waals surface area contributed by atoms with E-state index in [-0.39, 0.29) is 12.2 Å². The first kappa shape index (κ1) is 24.6. The summed E-state index contributed by atoms with van der Waals surface area (Å²) in [5.74, 6) is -0.760. The lowest BCUT2D eigenvalue weighted by atomic mass is 10.0. The second-order valence-electron chi connectivity index (χ2n) is 7.27. The number of aliphatic carboxylic acids is 1. The van der Waals surface area contributed by atoms with Crippen molar-refractivity contribution in [1.82, 2.24) is 4.72 Å². The van der Waals surface area contributed by atoms with Gasteiger partial charge in [0.2, 0.25) is 10.0 Å². The summed E-state index contributed by atoms with van der Waals surface area (Å²) in [4.78, 5) is 10.4. The minimum atomic E-state index is -3.32. The van der Waals surface area contributed by atoms with E-state index in [4.69, 9.17) is 5.11 Å². The fraction of sp³-hybridized carbons (Fsp3) is 0.667. The number of hydrogen-bond acceptors (Lipinski definition) is 4. The first-order chi connectivity index (χ1) is 13.3. The minimum Gasteiger partial charge on any atom is -0.481 e. The Hall–Kier alpha value is -1.44. The van der Waals surface area contributed by atoms with Crippen LogP contribution in [0.5, 0.6) is 0 Å². The van der Waals surface area contributed by atoms with Crippen molar-refractivity contribution in [1.29, 1.82) is 0 Å². The minimum absolute atomic E-state index is 0.0322. The predicted molar refractivity (Wildman–Crippen MR) is 112 cm³/mol. The lowest BCUT2D eigenvalue weighted by Gasteiger charge is -2.11. The summed E-state index contributed by atoms with van der Waals surface area (Å²) in [5.41, 5.74) is 1.81. The lowest BCUT2D eigenvalue weighted by molar-refractivity contribution is -0.137. The number of unbranched alkanes of at least 4 members (excludes halogenated alkanes) is 5. The van der Waals surface area contributed by atoms with Gasteiger partial charge < -0.3 is 10.2 Å². The van der Waals surface area contributed by atoms with E-state index in [0.717, 1.165) is 49.7 Å². The fourth-order valence-corrected chi connectivity index (χ4v) is 4.07. The highest BCUT2D eigenvalue weighted by molar-refractivity contribution is 7.89. The molecule has 6 nitrogen and oxygen atoms in total. The van der Waals surface area contributed by atoms with Crippen LogP contribution in [0.15, 0.2) is 24.3 Å². The van der Waals surface area contributed by atoms with Crippen LogP contribution in [0.1, 0.15) is 81.9 Å². The van der Waals surface area contributed by atoms with Crippen LogP contribution in [0.4, 0.5) is 0 Å². The smallest absolute Gasteiger partial charge is 0.303 e. The van der Waals surface area contributed by atoms with Gasteiger partial charge >= 0.3 is 5.97 Å². The molecule has 1 aromatic carbocycles. The van der Waals surface area contributed by atoms with Gasteiger partial charge in [0.25, 0.3) is 0 Å². The van der Waals surface area contributed by atoms with Crippen LogP contribution in [0.25, 0.3) is 0 Å². The van der Waals surface area contributed by atoms with Gasteiger partial charge in [-0.15, -0.1) is 0 Å². The average molecular weight is 414 g/mol. The summed E-state index contributed by atoms with van der Waals surface area (Å²) in [6.07, 6.45) is 7.09. The van der Waals surface area contributed by atoms with E-state index < -0.39 is 22.1 Å². The van der Waals surface area contributed by atoms with Crippen LogP contribution < -0.4 is 4.72 Å². The fourth-order valence-electron chi connectivity index (χ4n) is 2.97. The molecule has 0 heterocycles. The summed E-state index contributed by atoms with van der Waals surface area (Å²) >= 11 is 0. The Bertz CT molecular complexity index is 658. The number of nitrogens with one attached hydrogen (secondary N) is 1. The van der Waals surface area contributed by atoms with Gasteiger partial charge in [0, 0.05) is 13.0 Å². The maximum Gasteiger partial charge on any atom is 0.303 e. The molecule has 1 rings (SSSR count). The van der Waals surface area contributed by atoms with Gasteiger partial charge in [-0.1, -0.05) is 63.3 Å². The molecule has 0 spiro atoms. The number of benzene rings is 1. The van der Waals surface area contributed by atoms with Crippen LogP contribution in [-0.4, -0.2) is 36.9 Å². The van der Waals surface area contributed by atoms with E-state index in [0.29, 0.717) is 25.8 Å². The standard InChI is InChI=1S/C21H35NO5S/c1-2-3-6-9-20(23)19-13-11-18(12-14-19)15-17-28(26,27)22-16-8-5-4-7-10-21(24)25/h11-14,20,22-23H,2-10,15-17H2,1H3,(H,24,25). The Kier molecular flexibility index (Phi) is 12.0. The van der Waals surface area contributed by atoms with Gasteiger partial charge in [-0.2, -0.15) is 0 Å². The Morgan fingerprint density at radius 1 is 1.04 bits per heavy atom. The van der Waals surface area contributed by atoms with E-state index in [1.54, 1.807) is 0 Å². The maximum atomic E-state index is 12.1. The van der Waals surface area contributed by atoms with Gasteiger partial charge in [0.05, 0.1) is 11.9 Å². The van der Waals surface area contributed by atoms with Crippen molar-refractivity contribution in [3.8, 4) is 0 Å². The highest BCUT2D eigenvalue weighted by Crippen LogP contribution is 2.20. The van der Waals surface area contributed by atoms with Crippen molar-refractivity contribution >= 4 is 16.0 Å². The van der Waals surface area contributed by atoms with Crippen molar-refractivity contribution in [3.63, 3.8) is 0 Å². The van der Waals surface area contributed by atoms with Gasteiger partial charge in [-0.3, -0.25) is 4.79 Å². The van der Waals surface area contributed by atoms with Gasteiger partial charge in [0.1, 0.15) is 0 Å². The Morgan fingerprint density at radius 3 is 2.36 bits per heavy atom. The number of aryl methyl sites for hydroxylation is 1. The quantitative estimate of drug-likeness (QED) is 0.358. The molecule has 28 heavy (non-hydrogen) atoms. The van der Waals surface area contributed by atoms with Crippen molar-refractivity contribution in [2.75, 3.05) is 12.3 Å². The molecule has 0 saturated heterocycles. The molecular weight excluding hydrogens is 378 g/mol. The highest BCUT2D eigenvalue weighted by Gasteiger charge is 2.11. The van der Waals surface area contributed by atoms with E-state index in [9.17, 15) is 18.3 Å². The van der Waals surface area contributed by atoms with Crippen LogP contribution in [-0.2, 0) is 21.2 Å². The zero-order valence-corrected chi connectivity index (χ0v) is 17.7. The van der Waals surface area contributed by atoms with Gasteiger partial charge in [-0.05, 0) is 36.8 Å². The number of carboxylic acid groups (broad SMARTS) is 1. The number of aliphatic hydroxyl groups excluding tert-OH is 1. The van der Waals surface area contributed by atoms with Crippen LogP contribution in [0.2, 0.25) is 0 Å². The summed E-state index contributed by atoms with van der Waals surface area (Å²) in [6, 6.07) is 7.53. The molecule has 1 aromatic rings.